The minimum atomic E-state index is 0.0130. The van der Waals surface area contributed by atoms with Crippen LogP contribution in [0.3, 0.4) is 0 Å². The van der Waals surface area contributed by atoms with Crippen molar-refractivity contribution < 1.29 is 9.59 Å². The van der Waals surface area contributed by atoms with Crippen LogP contribution in [0.1, 0.15) is 59.9 Å². The average molecular weight is 451 g/mol. The van der Waals surface area contributed by atoms with E-state index < -0.39 is 0 Å². The van der Waals surface area contributed by atoms with E-state index in [-0.39, 0.29) is 23.7 Å². The first-order valence-corrected chi connectivity index (χ1v) is 12.0. The van der Waals surface area contributed by atoms with E-state index in [1.165, 1.54) is 0 Å². The Balaban J connectivity index is 1.83. The van der Waals surface area contributed by atoms with Gasteiger partial charge in [0, 0.05) is 50.3 Å². The van der Waals surface area contributed by atoms with Gasteiger partial charge in [-0.2, -0.15) is 0 Å². The van der Waals surface area contributed by atoms with Crippen LogP contribution in [0.4, 0.5) is 0 Å². The Hall–Kier alpha value is -2.73. The summed E-state index contributed by atoms with van der Waals surface area (Å²) in [5, 5.41) is 0. The lowest BCUT2D eigenvalue weighted by molar-refractivity contribution is -0.135. The summed E-state index contributed by atoms with van der Waals surface area (Å²) in [7, 11) is 4.05. The van der Waals surface area contributed by atoms with Crippen molar-refractivity contribution in [2.45, 2.75) is 46.1 Å². The fourth-order valence-electron chi connectivity index (χ4n) is 4.35. The van der Waals surface area contributed by atoms with Gasteiger partial charge in [-0.25, -0.2) is 0 Å². The third-order valence-corrected chi connectivity index (χ3v) is 6.30. The molecule has 0 saturated carbocycles. The van der Waals surface area contributed by atoms with E-state index in [0.29, 0.717) is 18.7 Å². The lowest BCUT2D eigenvalue weighted by Gasteiger charge is -2.34. The van der Waals surface area contributed by atoms with Gasteiger partial charge in [0.15, 0.2) is 0 Å². The minimum absolute atomic E-state index is 0.0130. The van der Waals surface area contributed by atoms with Gasteiger partial charge >= 0.3 is 0 Å². The van der Waals surface area contributed by atoms with E-state index in [2.05, 4.69) is 17.0 Å². The van der Waals surface area contributed by atoms with Crippen LogP contribution >= 0.6 is 0 Å². The van der Waals surface area contributed by atoms with Gasteiger partial charge in [-0.1, -0.05) is 44.2 Å². The van der Waals surface area contributed by atoms with Crippen LogP contribution in [0.2, 0.25) is 0 Å². The average Bonchev–Trinajstić information content (AvgIpc) is 2.81. The van der Waals surface area contributed by atoms with Crippen LogP contribution in [0, 0.1) is 12.8 Å². The fourth-order valence-corrected chi connectivity index (χ4v) is 4.35. The number of carbonyl (C=O) groups is 2. The second kappa shape index (κ2) is 11.4. The van der Waals surface area contributed by atoms with Gasteiger partial charge < -0.3 is 14.7 Å². The number of likely N-dealkylation sites (N-methyl/N-ethyl adjacent to an activating group) is 1. The molecule has 0 aliphatic carbocycles. The topological polar surface area (TPSA) is 56.8 Å². The second-order valence-electron chi connectivity index (χ2n) is 9.66. The Morgan fingerprint density at radius 2 is 1.70 bits per heavy atom. The number of hydrogen-bond acceptors (Lipinski definition) is 4. The smallest absolute Gasteiger partial charge is 0.256 e. The van der Waals surface area contributed by atoms with Crippen molar-refractivity contribution in [1.82, 2.24) is 19.7 Å². The molecule has 1 aliphatic heterocycles. The molecule has 1 aromatic carbocycles. The van der Waals surface area contributed by atoms with Crippen LogP contribution in [-0.4, -0.2) is 71.8 Å². The zero-order valence-electron chi connectivity index (χ0n) is 20.8. The van der Waals surface area contributed by atoms with Gasteiger partial charge in [0.2, 0.25) is 5.91 Å². The number of hydrogen-bond donors (Lipinski definition) is 0. The monoisotopic (exact) mass is 450 g/mol. The molecule has 0 atom stereocenters. The number of amides is 2. The number of likely N-dealkylation sites (tertiary alicyclic amines) is 1. The Kier molecular flexibility index (Phi) is 8.61. The van der Waals surface area contributed by atoms with E-state index in [4.69, 9.17) is 4.98 Å². The second-order valence-corrected chi connectivity index (χ2v) is 9.66. The molecule has 2 amide bonds. The van der Waals surface area contributed by atoms with Crippen molar-refractivity contribution in [2.75, 3.05) is 40.3 Å². The van der Waals surface area contributed by atoms with Gasteiger partial charge in [-0.3, -0.25) is 14.6 Å². The van der Waals surface area contributed by atoms with Crippen molar-refractivity contribution in [3.8, 4) is 0 Å². The predicted octanol–water partition coefficient (Wildman–Crippen LogP) is 3.96. The Bertz CT molecular complexity index is 934. The standard InChI is InChI=1S/C27H38N4O2/c1-20(2)26(32)30-15-13-23(14-16-30)25-24(12-11-21(3)28-25)27(33)31(18-17-29(4)5)19-22-9-7-6-8-10-22/h6-12,20,23H,13-19H2,1-5H3. The molecule has 2 heterocycles. The maximum absolute atomic E-state index is 13.8. The van der Waals surface area contributed by atoms with Crippen molar-refractivity contribution in [3.05, 3.63) is 65.0 Å². The number of nitrogens with zero attached hydrogens (tertiary/aromatic N) is 4. The first kappa shape index (κ1) is 24.9. The lowest BCUT2D eigenvalue weighted by atomic mass is 9.89. The Morgan fingerprint density at radius 3 is 2.30 bits per heavy atom. The predicted molar refractivity (Wildman–Crippen MR) is 132 cm³/mol. The van der Waals surface area contributed by atoms with Crippen LogP contribution < -0.4 is 0 Å². The quantitative estimate of drug-likeness (QED) is 0.611. The summed E-state index contributed by atoms with van der Waals surface area (Å²) in [6, 6.07) is 14.0. The van der Waals surface area contributed by atoms with Crippen LogP contribution in [0.25, 0.3) is 0 Å². The number of pyridine rings is 1. The summed E-state index contributed by atoms with van der Waals surface area (Å²) in [6.45, 7) is 9.33. The number of carbonyl (C=O) groups excluding carboxylic acids is 2. The molecule has 2 aromatic rings. The van der Waals surface area contributed by atoms with E-state index in [1.807, 2.05) is 75.0 Å². The maximum Gasteiger partial charge on any atom is 0.256 e. The molecule has 3 rings (SSSR count). The fraction of sp³-hybridized carbons (Fsp3) is 0.519. The van der Waals surface area contributed by atoms with E-state index >= 15 is 0 Å². The zero-order valence-corrected chi connectivity index (χ0v) is 20.8. The molecule has 33 heavy (non-hydrogen) atoms. The Morgan fingerprint density at radius 1 is 1.03 bits per heavy atom. The number of piperidine rings is 1. The van der Waals surface area contributed by atoms with Crippen molar-refractivity contribution in [3.63, 3.8) is 0 Å². The summed E-state index contributed by atoms with van der Waals surface area (Å²) >= 11 is 0. The largest absolute Gasteiger partial charge is 0.342 e. The molecule has 1 fully saturated rings. The zero-order chi connectivity index (χ0) is 24.0. The summed E-state index contributed by atoms with van der Waals surface area (Å²) in [5.74, 6) is 0.440. The summed E-state index contributed by atoms with van der Waals surface area (Å²) in [4.78, 5) is 37.0. The number of aromatic nitrogens is 1. The van der Waals surface area contributed by atoms with E-state index in [0.717, 1.165) is 49.4 Å². The molecular formula is C27H38N4O2. The van der Waals surface area contributed by atoms with Crippen molar-refractivity contribution in [2.24, 2.45) is 5.92 Å². The first-order chi connectivity index (χ1) is 15.8. The molecule has 0 spiro atoms. The van der Waals surface area contributed by atoms with Gasteiger partial charge in [-0.15, -0.1) is 0 Å². The normalized spacial score (nSPS) is 14.7. The summed E-state index contributed by atoms with van der Waals surface area (Å²) in [5.41, 5.74) is 3.63. The third kappa shape index (κ3) is 6.64. The van der Waals surface area contributed by atoms with Crippen molar-refractivity contribution in [1.29, 1.82) is 0 Å². The van der Waals surface area contributed by atoms with Gasteiger partial charge in [-0.05, 0) is 51.6 Å². The van der Waals surface area contributed by atoms with Crippen molar-refractivity contribution >= 4 is 11.8 Å². The molecule has 1 aliphatic rings. The van der Waals surface area contributed by atoms with Gasteiger partial charge in [0.1, 0.15) is 0 Å². The number of aryl methyl sites for hydroxylation is 1. The van der Waals surface area contributed by atoms with E-state index in [9.17, 15) is 9.59 Å². The first-order valence-electron chi connectivity index (χ1n) is 12.0. The highest BCUT2D eigenvalue weighted by Gasteiger charge is 2.30. The molecule has 0 N–H and O–H groups in total. The lowest BCUT2D eigenvalue weighted by Crippen LogP contribution is -2.41. The SMILES string of the molecule is Cc1ccc(C(=O)N(CCN(C)C)Cc2ccccc2)c(C2CCN(C(=O)C(C)C)CC2)n1. The summed E-state index contributed by atoms with van der Waals surface area (Å²) < 4.78 is 0. The van der Waals surface area contributed by atoms with Gasteiger partial charge in [0.05, 0.1) is 11.3 Å². The minimum Gasteiger partial charge on any atom is -0.342 e. The molecule has 6 heteroatoms. The molecule has 1 saturated heterocycles. The molecule has 0 radical (unpaired) electrons. The molecule has 1 aromatic heterocycles. The van der Waals surface area contributed by atoms with Crippen LogP contribution in [-0.2, 0) is 11.3 Å². The highest BCUT2D eigenvalue weighted by molar-refractivity contribution is 5.95. The maximum atomic E-state index is 13.8. The molecule has 6 nitrogen and oxygen atoms in total. The van der Waals surface area contributed by atoms with Crippen LogP contribution in [0.5, 0.6) is 0 Å². The third-order valence-electron chi connectivity index (χ3n) is 6.30. The Labute approximate surface area is 198 Å². The highest BCUT2D eigenvalue weighted by Crippen LogP contribution is 2.31. The number of benzene rings is 1. The molecule has 178 valence electrons. The van der Waals surface area contributed by atoms with Crippen LogP contribution in [0.15, 0.2) is 42.5 Å². The van der Waals surface area contributed by atoms with E-state index in [1.54, 1.807) is 0 Å². The molecule has 0 unspecified atom stereocenters. The molecular weight excluding hydrogens is 412 g/mol. The van der Waals surface area contributed by atoms with Gasteiger partial charge in [0.25, 0.3) is 5.91 Å². The molecule has 0 bridgehead atoms. The summed E-state index contributed by atoms with van der Waals surface area (Å²) in [6.07, 6.45) is 1.68. The highest BCUT2D eigenvalue weighted by atomic mass is 16.2. The number of rotatable bonds is 8.